The Kier molecular flexibility index (Phi) is 5.61. The Balaban J connectivity index is 1.76. The quantitative estimate of drug-likeness (QED) is 0.725. The van der Waals surface area contributed by atoms with Crippen molar-refractivity contribution < 1.29 is 31.5 Å². The van der Waals surface area contributed by atoms with Crippen molar-refractivity contribution in [3.05, 3.63) is 41.7 Å². The number of carbonyl (C=O) groups excluding carboxylic acids is 1. The van der Waals surface area contributed by atoms with Gasteiger partial charge in [-0.05, 0) is 30.9 Å². The number of amides is 1. The van der Waals surface area contributed by atoms with Crippen LogP contribution in [0.4, 0.5) is 38.4 Å². The minimum atomic E-state index is -4.95. The summed E-state index contributed by atoms with van der Waals surface area (Å²) in [4.78, 5) is 18.6. The first-order valence-electron chi connectivity index (χ1n) is 8.34. The van der Waals surface area contributed by atoms with Gasteiger partial charge in [0.2, 0.25) is 5.95 Å². The number of nitrogens with zero attached hydrogens (tertiary/aromatic N) is 2. The Labute approximate surface area is 156 Å². The topological polar surface area (TPSA) is 76.1 Å². The molecule has 0 aliphatic heterocycles. The molecule has 0 radical (unpaired) electrons. The average Bonchev–Trinajstić information content (AvgIpc) is 2.53. The van der Waals surface area contributed by atoms with Crippen LogP contribution in [0.3, 0.4) is 0 Å². The number of alkyl halides is 3. The van der Waals surface area contributed by atoms with Crippen LogP contribution in [0.1, 0.15) is 25.0 Å². The molecule has 1 aromatic heterocycles. The Hall–Kier alpha value is -2.98. The van der Waals surface area contributed by atoms with Crippen LogP contribution in [0.5, 0.6) is 5.75 Å². The summed E-state index contributed by atoms with van der Waals surface area (Å²) in [7, 11) is 0. The van der Waals surface area contributed by atoms with E-state index < -0.39 is 41.3 Å². The molecule has 3 rings (SSSR count). The third kappa shape index (κ3) is 5.05. The Morgan fingerprint density at radius 3 is 2.43 bits per heavy atom. The van der Waals surface area contributed by atoms with Gasteiger partial charge in [-0.2, -0.15) is 13.2 Å². The van der Waals surface area contributed by atoms with Crippen molar-refractivity contribution in [3.8, 4) is 5.75 Å². The van der Waals surface area contributed by atoms with Crippen LogP contribution >= 0.6 is 0 Å². The van der Waals surface area contributed by atoms with Gasteiger partial charge in [0.05, 0.1) is 6.20 Å². The second-order valence-electron chi connectivity index (χ2n) is 6.25. The smallest absolute Gasteiger partial charge is 0.406 e. The second-order valence-corrected chi connectivity index (χ2v) is 6.25. The number of ether oxygens (including phenoxy) is 1. The maximum Gasteiger partial charge on any atom is 0.437 e. The van der Waals surface area contributed by atoms with Crippen molar-refractivity contribution >= 4 is 17.7 Å². The molecule has 150 valence electrons. The van der Waals surface area contributed by atoms with Crippen LogP contribution in [-0.2, 0) is 6.18 Å². The number of halogens is 5. The molecule has 2 aromatic rings. The first kappa shape index (κ1) is 19.8. The van der Waals surface area contributed by atoms with Crippen molar-refractivity contribution in [3.63, 3.8) is 0 Å². The molecule has 1 fully saturated rings. The molecule has 1 aliphatic rings. The van der Waals surface area contributed by atoms with Crippen molar-refractivity contribution in [1.29, 1.82) is 0 Å². The zero-order chi connectivity index (χ0) is 20.3. The Morgan fingerprint density at radius 1 is 1.18 bits per heavy atom. The Morgan fingerprint density at radius 2 is 1.86 bits per heavy atom. The molecule has 6 nitrogen and oxygen atoms in total. The summed E-state index contributed by atoms with van der Waals surface area (Å²) in [6.45, 7) is 0.311. The van der Waals surface area contributed by atoms with E-state index in [-0.39, 0.29) is 5.69 Å². The van der Waals surface area contributed by atoms with Gasteiger partial charge < -0.3 is 15.4 Å². The number of rotatable bonds is 5. The maximum absolute atomic E-state index is 13.3. The van der Waals surface area contributed by atoms with Gasteiger partial charge >= 0.3 is 12.3 Å². The SMILES string of the molecule is O=C(NCC1CCC1)Oc1cnc(Nc2cc(F)cc(F)c2)nc1C(F)(F)F. The highest BCUT2D eigenvalue weighted by Crippen LogP contribution is 2.35. The molecule has 0 bridgehead atoms. The van der Waals surface area contributed by atoms with Gasteiger partial charge in [-0.1, -0.05) is 6.42 Å². The molecule has 0 unspecified atom stereocenters. The van der Waals surface area contributed by atoms with Crippen LogP contribution in [0.2, 0.25) is 0 Å². The molecule has 1 amide bonds. The third-order valence-corrected chi connectivity index (χ3v) is 4.10. The molecule has 0 saturated heterocycles. The standard InChI is InChI=1S/C17H15F5N4O2/c18-10-4-11(19)6-12(5-10)25-15-23-8-13(14(26-15)17(20,21)22)28-16(27)24-7-9-2-1-3-9/h4-6,8-9H,1-3,7H2,(H,24,27)(H,23,25,26). The second kappa shape index (κ2) is 7.95. The van der Waals surface area contributed by atoms with Gasteiger partial charge in [0.25, 0.3) is 0 Å². The highest BCUT2D eigenvalue weighted by Gasteiger charge is 2.38. The number of hydrogen-bond acceptors (Lipinski definition) is 5. The zero-order valence-corrected chi connectivity index (χ0v) is 14.3. The predicted molar refractivity (Wildman–Crippen MR) is 88.0 cm³/mol. The molecule has 2 N–H and O–H groups in total. The van der Waals surface area contributed by atoms with E-state index in [1.807, 2.05) is 0 Å². The lowest BCUT2D eigenvalue weighted by atomic mass is 9.85. The molecular weight excluding hydrogens is 387 g/mol. The van der Waals surface area contributed by atoms with Crippen LogP contribution in [0.15, 0.2) is 24.4 Å². The lowest BCUT2D eigenvalue weighted by Gasteiger charge is -2.25. The summed E-state index contributed by atoms with van der Waals surface area (Å²) < 4.78 is 70.9. The highest BCUT2D eigenvalue weighted by atomic mass is 19.4. The van der Waals surface area contributed by atoms with E-state index in [0.717, 1.165) is 31.4 Å². The molecule has 28 heavy (non-hydrogen) atoms. The predicted octanol–water partition coefficient (Wildman–Crippen LogP) is 4.41. The first-order valence-corrected chi connectivity index (χ1v) is 8.34. The summed E-state index contributed by atoms with van der Waals surface area (Å²) >= 11 is 0. The summed E-state index contributed by atoms with van der Waals surface area (Å²) in [5.41, 5.74) is -1.68. The molecule has 11 heteroatoms. The number of aromatic nitrogens is 2. The first-order chi connectivity index (χ1) is 13.2. The highest BCUT2D eigenvalue weighted by molar-refractivity contribution is 5.70. The number of hydrogen-bond donors (Lipinski definition) is 2. The largest absolute Gasteiger partial charge is 0.437 e. The fourth-order valence-electron chi connectivity index (χ4n) is 2.52. The summed E-state index contributed by atoms with van der Waals surface area (Å²) in [5, 5.41) is 4.67. The fraction of sp³-hybridized carbons (Fsp3) is 0.353. The molecule has 1 saturated carbocycles. The number of carbonyl (C=O) groups is 1. The normalized spacial score (nSPS) is 14.3. The lowest BCUT2D eigenvalue weighted by molar-refractivity contribution is -0.142. The zero-order valence-electron chi connectivity index (χ0n) is 14.3. The molecule has 0 spiro atoms. The van der Waals surface area contributed by atoms with Crippen molar-refractivity contribution in [1.82, 2.24) is 15.3 Å². The van der Waals surface area contributed by atoms with E-state index in [1.165, 1.54) is 0 Å². The number of benzene rings is 1. The summed E-state index contributed by atoms with van der Waals surface area (Å²) in [6, 6.07) is 2.32. The van der Waals surface area contributed by atoms with Crippen LogP contribution < -0.4 is 15.4 Å². The monoisotopic (exact) mass is 402 g/mol. The number of nitrogens with one attached hydrogen (secondary N) is 2. The van der Waals surface area contributed by atoms with E-state index in [2.05, 4.69) is 20.6 Å². The Bertz CT molecular complexity index is 851. The van der Waals surface area contributed by atoms with E-state index in [1.54, 1.807) is 0 Å². The minimum Gasteiger partial charge on any atom is -0.406 e. The van der Waals surface area contributed by atoms with Gasteiger partial charge in [0.15, 0.2) is 11.4 Å². The van der Waals surface area contributed by atoms with Crippen molar-refractivity contribution in [2.24, 2.45) is 5.92 Å². The minimum absolute atomic E-state index is 0.183. The lowest BCUT2D eigenvalue weighted by Crippen LogP contribution is -2.34. The third-order valence-electron chi connectivity index (χ3n) is 4.10. The summed E-state index contributed by atoms with van der Waals surface area (Å²) in [5.74, 6) is -3.01. The van der Waals surface area contributed by atoms with Crippen LogP contribution in [0, 0.1) is 17.6 Å². The van der Waals surface area contributed by atoms with E-state index in [9.17, 15) is 26.7 Å². The van der Waals surface area contributed by atoms with E-state index >= 15 is 0 Å². The van der Waals surface area contributed by atoms with Gasteiger partial charge in [-0.25, -0.2) is 23.5 Å². The van der Waals surface area contributed by atoms with Gasteiger partial charge in [-0.3, -0.25) is 0 Å². The van der Waals surface area contributed by atoms with E-state index in [4.69, 9.17) is 4.74 Å². The fourth-order valence-corrected chi connectivity index (χ4v) is 2.52. The molecule has 1 heterocycles. The number of anilines is 2. The molecule has 1 aliphatic carbocycles. The molecule has 0 atom stereocenters. The maximum atomic E-state index is 13.3. The van der Waals surface area contributed by atoms with Crippen LogP contribution in [0.25, 0.3) is 0 Å². The van der Waals surface area contributed by atoms with Crippen molar-refractivity contribution in [2.45, 2.75) is 25.4 Å². The van der Waals surface area contributed by atoms with Crippen LogP contribution in [-0.4, -0.2) is 22.6 Å². The van der Waals surface area contributed by atoms with Gasteiger partial charge in [-0.15, -0.1) is 0 Å². The van der Waals surface area contributed by atoms with Crippen molar-refractivity contribution in [2.75, 3.05) is 11.9 Å². The van der Waals surface area contributed by atoms with Gasteiger partial charge in [0, 0.05) is 18.3 Å². The van der Waals surface area contributed by atoms with E-state index in [0.29, 0.717) is 24.7 Å². The van der Waals surface area contributed by atoms with Gasteiger partial charge in [0.1, 0.15) is 11.6 Å². The molecule has 1 aromatic carbocycles. The summed E-state index contributed by atoms with van der Waals surface area (Å²) in [6.07, 6.45) is -2.39. The molecular formula is C17H15F5N4O2. The average molecular weight is 402 g/mol.